The summed E-state index contributed by atoms with van der Waals surface area (Å²) in [5.41, 5.74) is 1.95. The van der Waals surface area contributed by atoms with Crippen molar-refractivity contribution < 1.29 is 9.21 Å². The molecule has 0 unspecified atom stereocenters. The Morgan fingerprint density at radius 2 is 2.05 bits per heavy atom. The summed E-state index contributed by atoms with van der Waals surface area (Å²) in [6.45, 7) is 3.84. The first-order valence-electron chi connectivity index (χ1n) is 6.99. The largest absolute Gasteiger partial charge is 0.416 e. The van der Waals surface area contributed by atoms with Crippen LogP contribution >= 0.6 is 11.8 Å². The summed E-state index contributed by atoms with van der Waals surface area (Å²) in [5.74, 6) is 1.06. The quantitative estimate of drug-likeness (QED) is 0.858. The smallest absolute Gasteiger partial charge is 0.277 e. The number of carbonyl (C=O) groups is 1. The van der Waals surface area contributed by atoms with E-state index in [1.54, 1.807) is 0 Å². The molecule has 5 nitrogen and oxygen atoms in total. The van der Waals surface area contributed by atoms with Gasteiger partial charge in [-0.15, -0.1) is 10.2 Å². The van der Waals surface area contributed by atoms with Gasteiger partial charge in [0.15, 0.2) is 0 Å². The molecule has 1 aliphatic carbocycles. The number of carbonyl (C=O) groups excluding carboxylic acids is 1. The molecule has 0 saturated heterocycles. The van der Waals surface area contributed by atoms with E-state index < -0.39 is 0 Å². The van der Waals surface area contributed by atoms with Crippen molar-refractivity contribution in [2.24, 2.45) is 0 Å². The second-order valence-electron chi connectivity index (χ2n) is 5.30. The second-order valence-corrected chi connectivity index (χ2v) is 6.59. The summed E-state index contributed by atoms with van der Waals surface area (Å²) in [7, 11) is 0. The Kier molecular flexibility index (Phi) is 3.96. The van der Waals surface area contributed by atoms with Crippen molar-refractivity contribution in [1.29, 1.82) is 0 Å². The predicted molar refractivity (Wildman–Crippen MR) is 81.4 cm³/mol. The number of aryl methyl sites for hydroxylation is 1. The van der Waals surface area contributed by atoms with Crippen LogP contribution in [0.15, 0.2) is 33.9 Å². The molecule has 1 aliphatic rings. The average Bonchev–Trinajstić information content (AvgIpc) is 3.22. The second kappa shape index (κ2) is 5.89. The van der Waals surface area contributed by atoms with E-state index in [-0.39, 0.29) is 11.2 Å². The Balaban J connectivity index is 1.57. The molecule has 21 heavy (non-hydrogen) atoms. The van der Waals surface area contributed by atoms with E-state index in [2.05, 4.69) is 15.5 Å². The maximum Gasteiger partial charge on any atom is 0.277 e. The van der Waals surface area contributed by atoms with Gasteiger partial charge in [0.1, 0.15) is 0 Å². The standard InChI is InChI=1S/C15H17N3O2S/c1-9-3-7-12(8-4-9)16-13(19)10(2)21-15-18-17-14(20-15)11-5-6-11/h3-4,7-8,10-11H,5-6H2,1-2H3,(H,16,19)/t10-/m1/s1. The predicted octanol–water partition coefficient (Wildman–Crippen LogP) is 3.37. The first-order valence-corrected chi connectivity index (χ1v) is 7.87. The third-order valence-corrected chi connectivity index (χ3v) is 4.25. The SMILES string of the molecule is Cc1ccc(NC(=O)[C@@H](C)Sc2nnc(C3CC3)o2)cc1. The average molecular weight is 303 g/mol. The lowest BCUT2D eigenvalue weighted by molar-refractivity contribution is -0.115. The van der Waals surface area contributed by atoms with Gasteiger partial charge in [0, 0.05) is 11.6 Å². The summed E-state index contributed by atoms with van der Waals surface area (Å²) in [6, 6.07) is 7.71. The fourth-order valence-corrected chi connectivity index (χ4v) is 2.54. The highest BCUT2D eigenvalue weighted by Gasteiger charge is 2.30. The maximum absolute atomic E-state index is 12.1. The molecule has 1 N–H and O–H groups in total. The zero-order valence-corrected chi connectivity index (χ0v) is 12.8. The van der Waals surface area contributed by atoms with E-state index in [1.807, 2.05) is 38.1 Å². The van der Waals surface area contributed by atoms with Gasteiger partial charge in [-0.05, 0) is 38.8 Å². The van der Waals surface area contributed by atoms with Crippen molar-refractivity contribution in [2.45, 2.75) is 43.1 Å². The van der Waals surface area contributed by atoms with E-state index in [0.29, 0.717) is 17.0 Å². The van der Waals surface area contributed by atoms with E-state index in [0.717, 1.165) is 24.1 Å². The highest BCUT2D eigenvalue weighted by molar-refractivity contribution is 8.00. The van der Waals surface area contributed by atoms with Crippen molar-refractivity contribution in [3.8, 4) is 0 Å². The Labute approximate surface area is 127 Å². The Hall–Kier alpha value is -1.82. The van der Waals surface area contributed by atoms with Gasteiger partial charge in [-0.2, -0.15) is 0 Å². The molecular weight excluding hydrogens is 286 g/mol. The minimum Gasteiger partial charge on any atom is -0.416 e. The van der Waals surface area contributed by atoms with Crippen LogP contribution in [0.3, 0.4) is 0 Å². The minimum absolute atomic E-state index is 0.0741. The van der Waals surface area contributed by atoms with Crippen LogP contribution in [0.4, 0.5) is 5.69 Å². The van der Waals surface area contributed by atoms with Crippen molar-refractivity contribution >= 4 is 23.4 Å². The summed E-state index contributed by atoms with van der Waals surface area (Å²) in [6.07, 6.45) is 2.24. The molecule has 1 saturated carbocycles. The Morgan fingerprint density at radius 1 is 1.33 bits per heavy atom. The monoisotopic (exact) mass is 303 g/mol. The number of thioether (sulfide) groups is 1. The van der Waals surface area contributed by atoms with Gasteiger partial charge in [0.05, 0.1) is 5.25 Å². The summed E-state index contributed by atoms with van der Waals surface area (Å²) in [4.78, 5) is 12.1. The molecule has 0 bridgehead atoms. The zero-order valence-electron chi connectivity index (χ0n) is 12.0. The molecule has 1 heterocycles. The van der Waals surface area contributed by atoms with Gasteiger partial charge in [0.25, 0.3) is 5.22 Å². The molecular formula is C15H17N3O2S. The first kappa shape index (κ1) is 14.1. The lowest BCUT2D eigenvalue weighted by Crippen LogP contribution is -2.22. The number of hydrogen-bond acceptors (Lipinski definition) is 5. The van der Waals surface area contributed by atoms with E-state index in [9.17, 15) is 4.79 Å². The molecule has 0 spiro atoms. The summed E-state index contributed by atoms with van der Waals surface area (Å²) >= 11 is 1.29. The zero-order chi connectivity index (χ0) is 14.8. The minimum atomic E-state index is -0.293. The van der Waals surface area contributed by atoms with Crippen LogP contribution < -0.4 is 5.32 Å². The van der Waals surface area contributed by atoms with Crippen LogP contribution in [0.2, 0.25) is 0 Å². The van der Waals surface area contributed by atoms with Crippen LogP contribution in [-0.4, -0.2) is 21.4 Å². The van der Waals surface area contributed by atoms with Crippen molar-refractivity contribution in [3.63, 3.8) is 0 Å². The van der Waals surface area contributed by atoms with Gasteiger partial charge < -0.3 is 9.73 Å². The van der Waals surface area contributed by atoms with Crippen molar-refractivity contribution in [3.05, 3.63) is 35.7 Å². The van der Waals surface area contributed by atoms with Crippen LogP contribution in [-0.2, 0) is 4.79 Å². The van der Waals surface area contributed by atoms with Crippen molar-refractivity contribution in [1.82, 2.24) is 10.2 Å². The fraction of sp³-hybridized carbons (Fsp3) is 0.400. The van der Waals surface area contributed by atoms with Gasteiger partial charge in [-0.25, -0.2) is 0 Å². The molecule has 2 aromatic rings. The molecule has 110 valence electrons. The topological polar surface area (TPSA) is 68.0 Å². The number of hydrogen-bond donors (Lipinski definition) is 1. The van der Waals surface area contributed by atoms with Crippen LogP contribution in [0.25, 0.3) is 0 Å². The van der Waals surface area contributed by atoms with Gasteiger partial charge >= 0.3 is 0 Å². The molecule has 1 fully saturated rings. The highest BCUT2D eigenvalue weighted by Crippen LogP contribution is 2.40. The lowest BCUT2D eigenvalue weighted by Gasteiger charge is -2.09. The van der Waals surface area contributed by atoms with Crippen molar-refractivity contribution in [2.75, 3.05) is 5.32 Å². The van der Waals surface area contributed by atoms with E-state index in [4.69, 9.17) is 4.42 Å². The summed E-state index contributed by atoms with van der Waals surface area (Å²) in [5, 5.41) is 11.1. The fourth-order valence-electron chi connectivity index (χ4n) is 1.85. The normalized spacial score (nSPS) is 15.7. The number of amides is 1. The van der Waals surface area contributed by atoms with Gasteiger partial charge in [0.2, 0.25) is 11.8 Å². The number of aromatic nitrogens is 2. The number of benzene rings is 1. The van der Waals surface area contributed by atoms with Gasteiger partial charge in [-0.3, -0.25) is 4.79 Å². The van der Waals surface area contributed by atoms with Gasteiger partial charge in [-0.1, -0.05) is 29.5 Å². The van der Waals surface area contributed by atoms with E-state index in [1.165, 1.54) is 11.8 Å². The molecule has 0 radical (unpaired) electrons. The molecule has 1 aromatic carbocycles. The molecule has 0 aliphatic heterocycles. The van der Waals surface area contributed by atoms with Crippen LogP contribution in [0.1, 0.15) is 37.1 Å². The van der Waals surface area contributed by atoms with Crippen LogP contribution in [0.5, 0.6) is 0 Å². The Morgan fingerprint density at radius 3 is 2.71 bits per heavy atom. The lowest BCUT2D eigenvalue weighted by atomic mass is 10.2. The Bertz CT molecular complexity index is 635. The molecule has 3 rings (SSSR count). The van der Waals surface area contributed by atoms with E-state index >= 15 is 0 Å². The third kappa shape index (κ3) is 3.64. The molecule has 1 amide bonds. The maximum atomic E-state index is 12.1. The molecule has 1 atom stereocenters. The molecule has 1 aromatic heterocycles. The number of nitrogens with one attached hydrogen (secondary N) is 1. The number of nitrogens with zero attached hydrogens (tertiary/aromatic N) is 2. The van der Waals surface area contributed by atoms with Crippen LogP contribution in [0, 0.1) is 6.92 Å². The third-order valence-electron chi connectivity index (χ3n) is 3.31. The summed E-state index contributed by atoms with van der Waals surface area (Å²) < 4.78 is 5.56. The first-order chi connectivity index (χ1) is 10.1. The molecule has 6 heteroatoms. The number of rotatable bonds is 5. The highest BCUT2D eigenvalue weighted by atomic mass is 32.2. The number of anilines is 1.